The molecule has 2 heterocycles. The summed E-state index contributed by atoms with van der Waals surface area (Å²) in [7, 11) is 8.78. The van der Waals surface area contributed by atoms with Gasteiger partial charge < -0.3 is 0 Å². The third-order valence-corrected chi connectivity index (χ3v) is 4.60. The Bertz CT molecular complexity index is 249. The molecule has 2 saturated heterocycles. The van der Waals surface area contributed by atoms with Crippen molar-refractivity contribution in [3.63, 3.8) is 0 Å². The standard InChI is InChI=1S/2C8H18N2/c1-4-8-5-9(2)7-10(3)6-8;1-4-8-5-6-9(2)7-10(8)3/h2*8H,4-7H2,1-3H3. The Labute approximate surface area is 126 Å². The van der Waals surface area contributed by atoms with E-state index in [-0.39, 0.29) is 0 Å². The van der Waals surface area contributed by atoms with Crippen LogP contribution in [0.2, 0.25) is 0 Å². The SMILES string of the molecule is CCC1CCN(C)CN1C.CCC1CN(C)CN(C)C1. The summed E-state index contributed by atoms with van der Waals surface area (Å²) in [6, 6.07) is 0.830. The maximum absolute atomic E-state index is 2.43. The maximum Gasteiger partial charge on any atom is 0.0503 e. The number of hydrogen-bond donors (Lipinski definition) is 0. The average molecular weight is 284 g/mol. The van der Waals surface area contributed by atoms with Gasteiger partial charge in [0.2, 0.25) is 0 Å². The smallest absolute Gasteiger partial charge is 0.0503 e. The lowest BCUT2D eigenvalue weighted by Crippen LogP contribution is -2.46. The fourth-order valence-electron chi connectivity index (χ4n) is 3.40. The number of hydrogen-bond acceptors (Lipinski definition) is 4. The molecule has 20 heavy (non-hydrogen) atoms. The quantitative estimate of drug-likeness (QED) is 0.767. The Kier molecular flexibility index (Phi) is 8.03. The van der Waals surface area contributed by atoms with Crippen molar-refractivity contribution in [2.75, 3.05) is 61.2 Å². The highest BCUT2D eigenvalue weighted by molar-refractivity contribution is 4.73. The number of rotatable bonds is 2. The van der Waals surface area contributed by atoms with Crippen LogP contribution in [0.1, 0.15) is 33.1 Å². The minimum atomic E-state index is 0.830. The van der Waals surface area contributed by atoms with Gasteiger partial charge in [-0.25, -0.2) is 0 Å². The summed E-state index contributed by atoms with van der Waals surface area (Å²) in [5.74, 6) is 0.892. The zero-order valence-electron chi connectivity index (χ0n) is 14.6. The van der Waals surface area contributed by atoms with Crippen LogP contribution in [0.5, 0.6) is 0 Å². The van der Waals surface area contributed by atoms with Gasteiger partial charge in [-0.1, -0.05) is 20.3 Å². The van der Waals surface area contributed by atoms with E-state index in [4.69, 9.17) is 0 Å². The Balaban J connectivity index is 0.000000200. The summed E-state index contributed by atoms with van der Waals surface area (Å²) in [5, 5.41) is 0. The van der Waals surface area contributed by atoms with Crippen molar-refractivity contribution in [1.29, 1.82) is 0 Å². The van der Waals surface area contributed by atoms with Crippen LogP contribution >= 0.6 is 0 Å². The van der Waals surface area contributed by atoms with E-state index in [0.717, 1.165) is 25.3 Å². The van der Waals surface area contributed by atoms with Crippen LogP contribution in [0.25, 0.3) is 0 Å². The highest BCUT2D eigenvalue weighted by Gasteiger charge is 2.19. The Morgan fingerprint density at radius 2 is 1.40 bits per heavy atom. The molecule has 0 aliphatic carbocycles. The van der Waals surface area contributed by atoms with Gasteiger partial charge in [-0.15, -0.1) is 0 Å². The predicted molar refractivity (Wildman–Crippen MR) is 87.9 cm³/mol. The molecule has 0 bridgehead atoms. The molecule has 1 unspecified atom stereocenters. The van der Waals surface area contributed by atoms with Gasteiger partial charge in [0.05, 0.1) is 13.3 Å². The molecule has 0 spiro atoms. The first-order chi connectivity index (χ1) is 9.46. The van der Waals surface area contributed by atoms with Crippen LogP contribution in [0.4, 0.5) is 0 Å². The van der Waals surface area contributed by atoms with Crippen LogP contribution in [0, 0.1) is 5.92 Å². The topological polar surface area (TPSA) is 13.0 Å². The molecular formula is C16H36N4. The fourth-order valence-corrected chi connectivity index (χ4v) is 3.40. The summed E-state index contributed by atoms with van der Waals surface area (Å²) in [5.41, 5.74) is 0. The van der Waals surface area contributed by atoms with Gasteiger partial charge in [0.25, 0.3) is 0 Å². The lowest BCUT2D eigenvalue weighted by molar-refractivity contribution is 0.0767. The second-order valence-electron chi connectivity index (χ2n) is 6.82. The first-order valence-electron chi connectivity index (χ1n) is 8.22. The molecule has 0 aromatic carbocycles. The third-order valence-electron chi connectivity index (χ3n) is 4.60. The number of nitrogens with zero attached hydrogens (tertiary/aromatic N) is 4. The van der Waals surface area contributed by atoms with Gasteiger partial charge in [-0.05, 0) is 47.0 Å². The van der Waals surface area contributed by atoms with Crippen molar-refractivity contribution in [2.45, 2.75) is 39.2 Å². The zero-order valence-corrected chi connectivity index (χ0v) is 14.6. The summed E-state index contributed by atoms with van der Waals surface area (Å²) in [4.78, 5) is 9.57. The maximum atomic E-state index is 2.43. The second kappa shape index (κ2) is 8.98. The highest BCUT2D eigenvalue weighted by Crippen LogP contribution is 2.12. The summed E-state index contributed by atoms with van der Waals surface area (Å²) < 4.78 is 0. The van der Waals surface area contributed by atoms with E-state index in [0.29, 0.717) is 0 Å². The molecule has 4 heteroatoms. The third kappa shape index (κ3) is 6.08. The van der Waals surface area contributed by atoms with Crippen LogP contribution < -0.4 is 0 Å². The summed E-state index contributed by atoms with van der Waals surface area (Å²) >= 11 is 0. The van der Waals surface area contributed by atoms with E-state index in [1.807, 2.05) is 0 Å². The first-order valence-corrected chi connectivity index (χ1v) is 8.22. The Morgan fingerprint density at radius 3 is 1.85 bits per heavy atom. The Hall–Kier alpha value is -0.160. The monoisotopic (exact) mass is 284 g/mol. The summed E-state index contributed by atoms with van der Waals surface area (Å²) in [6.07, 6.45) is 3.95. The van der Waals surface area contributed by atoms with E-state index < -0.39 is 0 Å². The molecule has 1 atom stereocenters. The molecule has 2 rings (SSSR count). The van der Waals surface area contributed by atoms with E-state index >= 15 is 0 Å². The van der Waals surface area contributed by atoms with E-state index in [2.05, 4.69) is 61.6 Å². The molecule has 2 fully saturated rings. The van der Waals surface area contributed by atoms with Crippen LogP contribution in [0.15, 0.2) is 0 Å². The molecule has 4 nitrogen and oxygen atoms in total. The van der Waals surface area contributed by atoms with Crippen LogP contribution in [-0.2, 0) is 0 Å². The summed E-state index contributed by atoms with van der Waals surface area (Å²) in [6.45, 7) is 10.6. The van der Waals surface area contributed by atoms with Gasteiger partial charge >= 0.3 is 0 Å². The van der Waals surface area contributed by atoms with Crippen molar-refractivity contribution in [2.24, 2.45) is 5.92 Å². The fraction of sp³-hybridized carbons (Fsp3) is 1.00. The van der Waals surface area contributed by atoms with Gasteiger partial charge in [-0.3, -0.25) is 19.6 Å². The average Bonchev–Trinajstić information content (AvgIpc) is 2.38. The van der Waals surface area contributed by atoms with Crippen LogP contribution in [0.3, 0.4) is 0 Å². The lowest BCUT2D eigenvalue weighted by Gasteiger charge is -2.37. The second-order valence-corrected chi connectivity index (χ2v) is 6.82. The zero-order chi connectivity index (χ0) is 15.1. The molecule has 0 aromatic rings. The molecule has 0 radical (unpaired) electrons. The van der Waals surface area contributed by atoms with E-state index in [1.54, 1.807) is 0 Å². The molecule has 120 valence electrons. The molecule has 2 aliphatic heterocycles. The molecule has 0 amide bonds. The van der Waals surface area contributed by atoms with Gasteiger partial charge in [0, 0.05) is 25.7 Å². The van der Waals surface area contributed by atoms with Crippen molar-refractivity contribution in [3.05, 3.63) is 0 Å². The minimum absolute atomic E-state index is 0.830. The van der Waals surface area contributed by atoms with E-state index in [9.17, 15) is 0 Å². The largest absolute Gasteiger partial charge is 0.293 e. The Morgan fingerprint density at radius 1 is 0.800 bits per heavy atom. The van der Waals surface area contributed by atoms with Crippen LogP contribution in [-0.4, -0.2) is 86.8 Å². The van der Waals surface area contributed by atoms with Gasteiger partial charge in [0.15, 0.2) is 0 Å². The predicted octanol–water partition coefficient (Wildman–Crippen LogP) is 1.84. The molecule has 0 aromatic heterocycles. The van der Waals surface area contributed by atoms with E-state index in [1.165, 1.54) is 38.9 Å². The molecule has 0 N–H and O–H groups in total. The lowest BCUT2D eigenvalue weighted by atomic mass is 10.0. The van der Waals surface area contributed by atoms with Crippen molar-refractivity contribution >= 4 is 0 Å². The molecule has 2 aliphatic rings. The van der Waals surface area contributed by atoms with Crippen molar-refractivity contribution in [1.82, 2.24) is 19.6 Å². The van der Waals surface area contributed by atoms with Gasteiger partial charge in [-0.2, -0.15) is 0 Å². The van der Waals surface area contributed by atoms with Crippen molar-refractivity contribution < 1.29 is 0 Å². The first kappa shape index (κ1) is 17.9. The normalized spacial score (nSPS) is 28.2. The highest BCUT2D eigenvalue weighted by atomic mass is 15.3. The molecular weight excluding hydrogens is 248 g/mol. The minimum Gasteiger partial charge on any atom is -0.293 e. The van der Waals surface area contributed by atoms with Gasteiger partial charge in [0.1, 0.15) is 0 Å². The molecule has 0 saturated carbocycles. The van der Waals surface area contributed by atoms with Crippen molar-refractivity contribution in [3.8, 4) is 0 Å².